The SMILES string of the molecule is O=C(NC1CCCCC1)c1cc(C2CCCN(Cc3cccc(O)c3)C2)no1. The van der Waals surface area contributed by atoms with Gasteiger partial charge < -0.3 is 14.9 Å². The molecule has 2 heterocycles. The third kappa shape index (κ3) is 4.73. The molecule has 2 N–H and O–H groups in total. The van der Waals surface area contributed by atoms with Gasteiger partial charge in [0.25, 0.3) is 5.91 Å². The number of rotatable bonds is 5. The number of nitrogens with one attached hydrogen (secondary N) is 1. The first-order valence-corrected chi connectivity index (χ1v) is 10.4. The molecule has 150 valence electrons. The number of carbonyl (C=O) groups excluding carboxylic acids is 1. The van der Waals surface area contributed by atoms with Crippen LogP contribution in [-0.2, 0) is 6.54 Å². The maximum absolute atomic E-state index is 12.5. The first-order chi connectivity index (χ1) is 13.7. The van der Waals surface area contributed by atoms with Crippen molar-refractivity contribution in [2.45, 2.75) is 63.5 Å². The van der Waals surface area contributed by atoms with Crippen LogP contribution in [-0.4, -0.2) is 40.2 Å². The van der Waals surface area contributed by atoms with E-state index in [0.29, 0.717) is 11.5 Å². The molecule has 1 aromatic heterocycles. The van der Waals surface area contributed by atoms with Crippen LogP contribution in [0.15, 0.2) is 34.9 Å². The molecule has 1 atom stereocenters. The van der Waals surface area contributed by atoms with Crippen LogP contribution in [0.3, 0.4) is 0 Å². The van der Waals surface area contributed by atoms with E-state index >= 15 is 0 Å². The molecule has 1 saturated carbocycles. The average molecular weight is 383 g/mol. The maximum Gasteiger partial charge on any atom is 0.290 e. The van der Waals surface area contributed by atoms with Gasteiger partial charge in [0, 0.05) is 31.1 Å². The lowest BCUT2D eigenvalue weighted by Crippen LogP contribution is -2.36. The van der Waals surface area contributed by atoms with Crippen LogP contribution in [0.5, 0.6) is 5.75 Å². The molecule has 0 bridgehead atoms. The molecule has 2 aliphatic rings. The van der Waals surface area contributed by atoms with Crippen LogP contribution in [0.4, 0.5) is 0 Å². The fourth-order valence-electron chi connectivity index (χ4n) is 4.45. The predicted molar refractivity (Wildman–Crippen MR) is 106 cm³/mol. The lowest BCUT2D eigenvalue weighted by atomic mass is 9.94. The number of benzene rings is 1. The topological polar surface area (TPSA) is 78.6 Å². The van der Waals surface area contributed by atoms with E-state index in [0.717, 1.165) is 56.6 Å². The molecule has 4 rings (SSSR count). The standard InChI is InChI=1S/C22H29N3O3/c26-19-10-4-6-16(12-19)14-25-11-5-7-17(15-25)20-13-21(28-24-20)22(27)23-18-8-2-1-3-9-18/h4,6,10,12-13,17-18,26H,1-3,5,7-9,11,14-15H2,(H,23,27). The number of phenolic OH excluding ortho intramolecular Hbond substituents is 1. The van der Waals surface area contributed by atoms with Gasteiger partial charge in [0.15, 0.2) is 0 Å². The van der Waals surface area contributed by atoms with Crippen LogP contribution in [0, 0.1) is 0 Å². The van der Waals surface area contributed by atoms with Gasteiger partial charge in [0.05, 0.1) is 5.69 Å². The normalized spacial score (nSPS) is 21.5. The first-order valence-electron chi connectivity index (χ1n) is 10.4. The molecule has 2 fully saturated rings. The van der Waals surface area contributed by atoms with Crippen molar-refractivity contribution < 1.29 is 14.4 Å². The summed E-state index contributed by atoms with van der Waals surface area (Å²) in [7, 11) is 0. The lowest BCUT2D eigenvalue weighted by Gasteiger charge is -2.31. The minimum Gasteiger partial charge on any atom is -0.508 e. The number of phenols is 1. The fourth-order valence-corrected chi connectivity index (χ4v) is 4.45. The largest absolute Gasteiger partial charge is 0.508 e. The maximum atomic E-state index is 12.5. The molecular formula is C22H29N3O3. The minimum atomic E-state index is -0.141. The van der Waals surface area contributed by atoms with E-state index in [1.807, 2.05) is 24.3 Å². The molecule has 6 heteroatoms. The number of likely N-dealkylation sites (tertiary alicyclic amines) is 1. The molecule has 1 aromatic carbocycles. The van der Waals surface area contributed by atoms with Gasteiger partial charge in [0.2, 0.25) is 5.76 Å². The van der Waals surface area contributed by atoms with Gasteiger partial charge in [-0.1, -0.05) is 36.6 Å². The minimum absolute atomic E-state index is 0.141. The Morgan fingerprint density at radius 3 is 2.86 bits per heavy atom. The van der Waals surface area contributed by atoms with E-state index < -0.39 is 0 Å². The van der Waals surface area contributed by atoms with Crippen molar-refractivity contribution in [3.63, 3.8) is 0 Å². The van der Waals surface area contributed by atoms with E-state index in [4.69, 9.17) is 4.52 Å². The van der Waals surface area contributed by atoms with Crippen LogP contribution in [0.2, 0.25) is 0 Å². The number of piperidine rings is 1. The number of carbonyl (C=O) groups is 1. The Bertz CT molecular complexity index is 798. The van der Waals surface area contributed by atoms with Crippen molar-refractivity contribution in [2.24, 2.45) is 0 Å². The van der Waals surface area contributed by atoms with Gasteiger partial charge >= 0.3 is 0 Å². The summed E-state index contributed by atoms with van der Waals surface area (Å²) < 4.78 is 5.38. The Morgan fingerprint density at radius 1 is 1.18 bits per heavy atom. The number of nitrogens with zero attached hydrogens (tertiary/aromatic N) is 2. The van der Waals surface area contributed by atoms with Crippen molar-refractivity contribution >= 4 is 5.91 Å². The molecule has 1 saturated heterocycles. The molecule has 2 aromatic rings. The van der Waals surface area contributed by atoms with E-state index in [9.17, 15) is 9.90 Å². The van der Waals surface area contributed by atoms with Crippen molar-refractivity contribution in [2.75, 3.05) is 13.1 Å². The van der Waals surface area contributed by atoms with Gasteiger partial charge in [0.1, 0.15) is 5.75 Å². The zero-order valence-electron chi connectivity index (χ0n) is 16.3. The van der Waals surface area contributed by atoms with Crippen molar-refractivity contribution in [3.8, 4) is 5.75 Å². The molecule has 28 heavy (non-hydrogen) atoms. The molecule has 0 radical (unpaired) electrons. The molecular weight excluding hydrogens is 354 g/mol. The molecule has 1 aliphatic heterocycles. The van der Waals surface area contributed by atoms with Gasteiger partial charge in [-0.2, -0.15) is 0 Å². The van der Waals surface area contributed by atoms with Crippen LogP contribution >= 0.6 is 0 Å². The molecule has 1 unspecified atom stereocenters. The third-order valence-corrected chi connectivity index (χ3v) is 5.93. The number of aromatic hydroxyl groups is 1. The molecule has 0 spiro atoms. The van der Waals surface area contributed by atoms with Crippen molar-refractivity contribution in [1.29, 1.82) is 0 Å². The van der Waals surface area contributed by atoms with E-state index in [-0.39, 0.29) is 17.9 Å². The lowest BCUT2D eigenvalue weighted by molar-refractivity contribution is 0.0890. The van der Waals surface area contributed by atoms with Gasteiger partial charge in [-0.05, 0) is 49.9 Å². The Kier molecular flexibility index (Phi) is 5.95. The molecule has 1 aliphatic carbocycles. The summed E-state index contributed by atoms with van der Waals surface area (Å²) in [5.41, 5.74) is 1.97. The van der Waals surface area contributed by atoms with Crippen LogP contribution in [0.1, 0.15) is 72.7 Å². The predicted octanol–water partition coefficient (Wildman–Crippen LogP) is 3.82. The van der Waals surface area contributed by atoms with Crippen LogP contribution < -0.4 is 5.32 Å². The highest BCUT2D eigenvalue weighted by molar-refractivity contribution is 5.91. The third-order valence-electron chi connectivity index (χ3n) is 5.93. The second-order valence-electron chi connectivity index (χ2n) is 8.17. The van der Waals surface area contributed by atoms with Gasteiger partial charge in [-0.15, -0.1) is 0 Å². The number of aromatic nitrogens is 1. The summed E-state index contributed by atoms with van der Waals surface area (Å²) in [6.07, 6.45) is 7.87. The quantitative estimate of drug-likeness (QED) is 0.821. The highest BCUT2D eigenvalue weighted by atomic mass is 16.5. The van der Waals surface area contributed by atoms with Gasteiger partial charge in [-0.3, -0.25) is 9.69 Å². The molecule has 1 amide bonds. The Balaban J connectivity index is 1.35. The summed E-state index contributed by atoms with van der Waals surface area (Å²) in [5, 5.41) is 17.0. The van der Waals surface area contributed by atoms with Crippen molar-refractivity contribution in [1.82, 2.24) is 15.4 Å². The second-order valence-corrected chi connectivity index (χ2v) is 8.17. The summed E-state index contributed by atoms with van der Waals surface area (Å²) in [4.78, 5) is 14.8. The summed E-state index contributed by atoms with van der Waals surface area (Å²) in [6, 6.07) is 9.50. The highest BCUT2D eigenvalue weighted by Crippen LogP contribution is 2.28. The monoisotopic (exact) mass is 383 g/mol. The first kappa shape index (κ1) is 19.0. The van der Waals surface area contributed by atoms with Gasteiger partial charge in [-0.25, -0.2) is 0 Å². The number of amides is 1. The zero-order valence-corrected chi connectivity index (χ0v) is 16.3. The fraction of sp³-hybridized carbons (Fsp3) is 0.545. The van der Waals surface area contributed by atoms with E-state index in [1.54, 1.807) is 6.07 Å². The van der Waals surface area contributed by atoms with E-state index in [1.165, 1.54) is 19.3 Å². The zero-order chi connectivity index (χ0) is 19.3. The smallest absolute Gasteiger partial charge is 0.290 e. The number of hydrogen-bond donors (Lipinski definition) is 2. The summed E-state index contributed by atoms with van der Waals surface area (Å²) >= 11 is 0. The summed E-state index contributed by atoms with van der Waals surface area (Å²) in [6.45, 7) is 2.71. The molecule has 6 nitrogen and oxygen atoms in total. The highest BCUT2D eigenvalue weighted by Gasteiger charge is 2.26. The second kappa shape index (κ2) is 8.78. The number of hydrogen-bond acceptors (Lipinski definition) is 5. The summed E-state index contributed by atoms with van der Waals surface area (Å²) in [5.74, 6) is 0.756. The Hall–Kier alpha value is -2.34. The Morgan fingerprint density at radius 2 is 2.04 bits per heavy atom. The Labute approximate surface area is 165 Å². The van der Waals surface area contributed by atoms with Crippen LogP contribution in [0.25, 0.3) is 0 Å². The van der Waals surface area contributed by atoms with Crippen molar-refractivity contribution in [3.05, 3.63) is 47.3 Å². The van der Waals surface area contributed by atoms with E-state index in [2.05, 4.69) is 15.4 Å². The average Bonchev–Trinajstić information content (AvgIpc) is 3.20.